The van der Waals surface area contributed by atoms with Crippen LogP contribution in [0.3, 0.4) is 0 Å². The molecule has 0 saturated carbocycles. The molecule has 0 heterocycles. The Morgan fingerprint density at radius 3 is 2.30 bits per heavy atom. The quantitative estimate of drug-likeness (QED) is 0.905. The molecule has 0 radical (unpaired) electrons. The number of aliphatic hydroxyl groups is 1. The van der Waals surface area contributed by atoms with Gasteiger partial charge >= 0.3 is 12.1 Å². The lowest BCUT2D eigenvalue weighted by Gasteiger charge is -2.32. The second-order valence-corrected chi connectivity index (χ2v) is 6.08. The van der Waals surface area contributed by atoms with Crippen molar-refractivity contribution in [2.75, 3.05) is 0 Å². The number of halogens is 3. The average Bonchev–Trinajstić information content (AvgIpc) is 2.43. The molecule has 1 amide bonds. The molecule has 0 aliphatic carbocycles. The van der Waals surface area contributed by atoms with Crippen molar-refractivity contribution in [2.24, 2.45) is 0 Å². The zero-order chi connectivity index (χ0) is 17.4. The van der Waals surface area contributed by atoms with Gasteiger partial charge < -0.3 is 10.4 Å². The highest BCUT2D eigenvalue weighted by molar-refractivity contribution is 5.89. The van der Waals surface area contributed by atoms with Gasteiger partial charge in [-0.15, -0.1) is 0 Å². The summed E-state index contributed by atoms with van der Waals surface area (Å²) in [6, 6.07) is 9.58. The van der Waals surface area contributed by atoms with E-state index in [9.17, 15) is 23.1 Å². The smallest absolute Gasteiger partial charge is 0.388 e. The van der Waals surface area contributed by atoms with Crippen molar-refractivity contribution in [1.29, 1.82) is 0 Å². The number of hydrogen-bond acceptors (Lipinski definition) is 2. The van der Waals surface area contributed by atoms with Gasteiger partial charge in [0.1, 0.15) is 0 Å². The van der Waals surface area contributed by atoms with E-state index >= 15 is 0 Å². The lowest BCUT2D eigenvalue weighted by Crippen LogP contribution is -2.47. The molecule has 2 aromatic carbocycles. The number of hydrogen-bond donors (Lipinski definition) is 2. The standard InChI is InChI=1S/C17H18F3NO2/c1-10-8-9-11-6-4-5-7-12(11)13(10)14(16(2,3)23)21-15(22)17(18,19)20/h4-9,14,23H,1-3H3,(H,21,22). The maximum Gasteiger partial charge on any atom is 0.471 e. The number of benzene rings is 2. The minimum atomic E-state index is -5.01. The maximum atomic E-state index is 12.6. The Bertz CT molecular complexity index is 733. The molecule has 0 aliphatic rings. The Kier molecular flexibility index (Phi) is 4.39. The third kappa shape index (κ3) is 3.64. The van der Waals surface area contributed by atoms with Crippen molar-refractivity contribution in [2.45, 2.75) is 38.6 Å². The van der Waals surface area contributed by atoms with Gasteiger partial charge in [-0.25, -0.2) is 0 Å². The number of nitrogens with one attached hydrogen (secondary N) is 1. The van der Waals surface area contributed by atoms with E-state index in [4.69, 9.17) is 0 Å². The van der Waals surface area contributed by atoms with Crippen LogP contribution < -0.4 is 5.32 Å². The van der Waals surface area contributed by atoms with E-state index in [-0.39, 0.29) is 0 Å². The molecule has 0 aromatic heterocycles. The Morgan fingerprint density at radius 2 is 1.74 bits per heavy atom. The fraction of sp³-hybridized carbons (Fsp3) is 0.353. The van der Waals surface area contributed by atoms with Crippen LogP contribution in [0.1, 0.15) is 31.0 Å². The first-order chi connectivity index (χ1) is 10.5. The number of rotatable bonds is 3. The molecular weight excluding hydrogens is 307 g/mol. The first kappa shape index (κ1) is 17.3. The van der Waals surface area contributed by atoms with Crippen LogP contribution in [-0.2, 0) is 4.79 Å². The monoisotopic (exact) mass is 325 g/mol. The summed E-state index contributed by atoms with van der Waals surface area (Å²) in [5, 5.41) is 13.8. The zero-order valence-corrected chi connectivity index (χ0v) is 13.0. The summed E-state index contributed by atoms with van der Waals surface area (Å²) in [5.74, 6) is -2.07. The van der Waals surface area contributed by atoms with Crippen molar-refractivity contribution >= 4 is 16.7 Å². The summed E-state index contributed by atoms with van der Waals surface area (Å²) in [4.78, 5) is 11.4. The van der Waals surface area contributed by atoms with E-state index in [1.54, 1.807) is 25.1 Å². The number of carbonyl (C=O) groups excluding carboxylic acids is 1. The van der Waals surface area contributed by atoms with Crippen molar-refractivity contribution in [1.82, 2.24) is 5.32 Å². The average molecular weight is 325 g/mol. The molecule has 2 aromatic rings. The molecule has 6 heteroatoms. The molecule has 0 aliphatic heterocycles. The Labute approximate surface area is 132 Å². The zero-order valence-electron chi connectivity index (χ0n) is 13.0. The highest BCUT2D eigenvalue weighted by Crippen LogP contribution is 2.34. The number of fused-ring (bicyclic) bond motifs is 1. The van der Waals surface area contributed by atoms with E-state index in [0.717, 1.165) is 5.39 Å². The van der Waals surface area contributed by atoms with Crippen LogP contribution in [0.5, 0.6) is 0 Å². The van der Waals surface area contributed by atoms with Crippen LogP contribution in [0.2, 0.25) is 0 Å². The van der Waals surface area contributed by atoms with Gasteiger partial charge in [0.15, 0.2) is 0 Å². The molecule has 1 atom stereocenters. The van der Waals surface area contributed by atoms with Crippen LogP contribution in [0.15, 0.2) is 36.4 Å². The fourth-order valence-corrected chi connectivity index (χ4v) is 2.60. The highest BCUT2D eigenvalue weighted by atomic mass is 19.4. The Hall–Kier alpha value is -2.08. The first-order valence-electron chi connectivity index (χ1n) is 7.10. The van der Waals surface area contributed by atoms with Gasteiger partial charge in [0, 0.05) is 0 Å². The van der Waals surface area contributed by atoms with Crippen LogP contribution >= 0.6 is 0 Å². The van der Waals surface area contributed by atoms with Gasteiger partial charge in [-0.1, -0.05) is 36.4 Å². The SMILES string of the molecule is Cc1ccc2ccccc2c1C(NC(=O)C(F)(F)F)C(C)(C)O. The summed E-state index contributed by atoms with van der Waals surface area (Å²) < 4.78 is 37.9. The minimum absolute atomic E-state index is 0.480. The van der Waals surface area contributed by atoms with Crippen LogP contribution in [0, 0.1) is 6.92 Å². The molecule has 124 valence electrons. The molecule has 0 saturated heterocycles. The number of amides is 1. The summed E-state index contributed by atoms with van der Waals surface area (Å²) >= 11 is 0. The van der Waals surface area contributed by atoms with Crippen molar-refractivity contribution in [3.05, 3.63) is 47.5 Å². The van der Waals surface area contributed by atoms with E-state index in [1.165, 1.54) is 13.8 Å². The third-order valence-electron chi connectivity index (χ3n) is 3.72. The largest absolute Gasteiger partial charge is 0.471 e. The van der Waals surface area contributed by atoms with Crippen LogP contribution in [0.4, 0.5) is 13.2 Å². The third-order valence-corrected chi connectivity index (χ3v) is 3.72. The normalized spacial score (nSPS) is 13.9. The van der Waals surface area contributed by atoms with E-state index in [0.29, 0.717) is 16.5 Å². The predicted molar refractivity (Wildman–Crippen MR) is 81.9 cm³/mol. The number of aryl methyl sites for hydroxylation is 1. The van der Waals surface area contributed by atoms with Gasteiger partial charge in [-0.2, -0.15) is 13.2 Å². The molecule has 0 bridgehead atoms. The molecule has 23 heavy (non-hydrogen) atoms. The van der Waals surface area contributed by atoms with Gasteiger partial charge in [0.25, 0.3) is 0 Å². The van der Waals surface area contributed by atoms with Crippen molar-refractivity contribution in [3.8, 4) is 0 Å². The van der Waals surface area contributed by atoms with Gasteiger partial charge in [-0.3, -0.25) is 4.79 Å². The van der Waals surface area contributed by atoms with Crippen LogP contribution in [-0.4, -0.2) is 22.8 Å². The molecule has 2 N–H and O–H groups in total. The molecule has 0 spiro atoms. The topological polar surface area (TPSA) is 49.3 Å². The van der Waals surface area contributed by atoms with Gasteiger partial charge in [-0.05, 0) is 42.7 Å². The number of alkyl halides is 3. The van der Waals surface area contributed by atoms with Crippen molar-refractivity contribution < 1.29 is 23.1 Å². The second-order valence-electron chi connectivity index (χ2n) is 6.08. The highest BCUT2D eigenvalue weighted by Gasteiger charge is 2.43. The lowest BCUT2D eigenvalue weighted by molar-refractivity contribution is -0.176. The predicted octanol–water partition coefficient (Wildman–Crippen LogP) is 3.64. The van der Waals surface area contributed by atoms with E-state index < -0.39 is 23.7 Å². The fourth-order valence-electron chi connectivity index (χ4n) is 2.60. The van der Waals surface area contributed by atoms with E-state index in [1.807, 2.05) is 23.5 Å². The summed E-state index contributed by atoms with van der Waals surface area (Å²) in [7, 11) is 0. The Morgan fingerprint density at radius 1 is 1.13 bits per heavy atom. The number of carbonyl (C=O) groups is 1. The van der Waals surface area contributed by atoms with Crippen molar-refractivity contribution in [3.63, 3.8) is 0 Å². The maximum absolute atomic E-state index is 12.6. The minimum Gasteiger partial charge on any atom is -0.388 e. The van der Waals surface area contributed by atoms with E-state index in [2.05, 4.69) is 0 Å². The summed E-state index contributed by atoms with van der Waals surface area (Å²) in [6.45, 7) is 4.48. The molecule has 1 unspecified atom stereocenters. The second kappa shape index (κ2) is 5.85. The summed E-state index contributed by atoms with van der Waals surface area (Å²) in [5.41, 5.74) is -0.401. The molecule has 2 rings (SSSR count). The van der Waals surface area contributed by atoms with Gasteiger partial charge in [0.2, 0.25) is 0 Å². The summed E-state index contributed by atoms with van der Waals surface area (Å²) in [6.07, 6.45) is -5.01. The van der Waals surface area contributed by atoms with Crippen LogP contribution in [0.25, 0.3) is 10.8 Å². The first-order valence-corrected chi connectivity index (χ1v) is 7.10. The van der Waals surface area contributed by atoms with Gasteiger partial charge in [0.05, 0.1) is 11.6 Å². The molecule has 3 nitrogen and oxygen atoms in total. The lowest BCUT2D eigenvalue weighted by atomic mass is 9.85. The molecular formula is C17H18F3NO2. The Balaban J connectivity index is 2.62. The molecule has 0 fully saturated rings.